The van der Waals surface area contributed by atoms with Crippen LogP contribution in [0, 0.1) is 23.0 Å². The van der Waals surface area contributed by atoms with Crippen LogP contribution in [-0.4, -0.2) is 16.1 Å². The highest BCUT2D eigenvalue weighted by molar-refractivity contribution is 9.10. The van der Waals surface area contributed by atoms with Gasteiger partial charge in [0.15, 0.2) is 0 Å². The maximum Gasteiger partial charge on any atom is 0.270 e. The number of carbonyl (C=O) groups is 1. The molecule has 3 rings (SSSR count). The predicted molar refractivity (Wildman–Crippen MR) is 93.9 cm³/mol. The summed E-state index contributed by atoms with van der Waals surface area (Å²) >= 11 is 3.34. The lowest BCUT2D eigenvalue weighted by molar-refractivity contribution is 0.0939. The molecule has 3 aromatic rings. The van der Waals surface area contributed by atoms with Gasteiger partial charge in [0.1, 0.15) is 23.4 Å². The standard InChI is InChI=1S/C18H11BrF2N4O/c19-11-3-1-10(2-4-11)15-8-16(25-24-15)18(26)23-17(9-22)13-6-5-12(20)7-14(13)21/h1-8,17H,(H,23,26)(H,24,25). The first-order chi connectivity index (χ1) is 12.5. The van der Waals surface area contributed by atoms with Gasteiger partial charge in [-0.3, -0.25) is 9.89 Å². The number of aromatic amines is 1. The molecule has 0 aliphatic rings. The molecule has 8 heteroatoms. The van der Waals surface area contributed by atoms with Crippen molar-refractivity contribution in [3.05, 3.63) is 75.9 Å². The number of hydrogen-bond acceptors (Lipinski definition) is 3. The van der Waals surface area contributed by atoms with Crippen molar-refractivity contribution >= 4 is 21.8 Å². The zero-order valence-electron chi connectivity index (χ0n) is 13.1. The Balaban J connectivity index is 1.79. The summed E-state index contributed by atoms with van der Waals surface area (Å²) in [4.78, 5) is 12.3. The molecular formula is C18H11BrF2N4O. The average molecular weight is 417 g/mol. The molecule has 0 aliphatic heterocycles. The Labute approximate surface area is 155 Å². The molecule has 130 valence electrons. The lowest BCUT2D eigenvalue weighted by atomic mass is 10.1. The van der Waals surface area contributed by atoms with Gasteiger partial charge in [0.05, 0.1) is 11.8 Å². The molecule has 1 unspecified atom stereocenters. The molecule has 2 aromatic carbocycles. The zero-order chi connectivity index (χ0) is 18.7. The van der Waals surface area contributed by atoms with Crippen LogP contribution in [-0.2, 0) is 0 Å². The van der Waals surface area contributed by atoms with E-state index in [2.05, 4.69) is 31.4 Å². The van der Waals surface area contributed by atoms with E-state index in [4.69, 9.17) is 0 Å². The number of nitrogens with one attached hydrogen (secondary N) is 2. The van der Waals surface area contributed by atoms with Gasteiger partial charge in [-0.2, -0.15) is 10.4 Å². The number of aromatic nitrogens is 2. The van der Waals surface area contributed by atoms with Crippen LogP contribution in [0.3, 0.4) is 0 Å². The van der Waals surface area contributed by atoms with Gasteiger partial charge in [-0.25, -0.2) is 8.78 Å². The highest BCUT2D eigenvalue weighted by atomic mass is 79.9. The number of nitriles is 1. The average Bonchev–Trinajstić information content (AvgIpc) is 3.11. The van der Waals surface area contributed by atoms with Crippen molar-refractivity contribution in [1.29, 1.82) is 5.26 Å². The molecular weight excluding hydrogens is 406 g/mol. The Hall–Kier alpha value is -3.05. The SMILES string of the molecule is N#CC(NC(=O)c1cc(-c2ccc(Br)cc2)n[nH]1)c1ccc(F)cc1F. The first-order valence-electron chi connectivity index (χ1n) is 7.44. The van der Waals surface area contributed by atoms with E-state index < -0.39 is 23.6 Å². The maximum atomic E-state index is 13.8. The molecule has 0 saturated carbocycles. The van der Waals surface area contributed by atoms with Crippen LogP contribution in [0.5, 0.6) is 0 Å². The van der Waals surface area contributed by atoms with Crippen molar-refractivity contribution in [1.82, 2.24) is 15.5 Å². The highest BCUT2D eigenvalue weighted by Crippen LogP contribution is 2.21. The zero-order valence-corrected chi connectivity index (χ0v) is 14.7. The van der Waals surface area contributed by atoms with Crippen molar-refractivity contribution in [2.24, 2.45) is 0 Å². The molecule has 1 atom stereocenters. The topological polar surface area (TPSA) is 81.6 Å². The van der Waals surface area contributed by atoms with Crippen LogP contribution in [0.4, 0.5) is 8.78 Å². The quantitative estimate of drug-likeness (QED) is 0.671. The largest absolute Gasteiger partial charge is 0.331 e. The van der Waals surface area contributed by atoms with E-state index in [1.807, 2.05) is 24.3 Å². The van der Waals surface area contributed by atoms with Crippen molar-refractivity contribution in [2.75, 3.05) is 0 Å². The van der Waals surface area contributed by atoms with E-state index in [1.165, 1.54) is 6.07 Å². The van der Waals surface area contributed by atoms with Crippen LogP contribution in [0.15, 0.2) is 53.0 Å². The van der Waals surface area contributed by atoms with Crippen LogP contribution < -0.4 is 5.32 Å². The molecule has 1 heterocycles. The summed E-state index contributed by atoms with van der Waals surface area (Å²) in [5.41, 5.74) is 1.34. The van der Waals surface area contributed by atoms with Gasteiger partial charge in [-0.05, 0) is 24.3 Å². The van der Waals surface area contributed by atoms with Crippen molar-refractivity contribution in [2.45, 2.75) is 6.04 Å². The van der Waals surface area contributed by atoms with Crippen molar-refractivity contribution < 1.29 is 13.6 Å². The van der Waals surface area contributed by atoms with Gasteiger partial charge in [0.25, 0.3) is 5.91 Å². The monoisotopic (exact) mass is 416 g/mol. The molecule has 0 radical (unpaired) electrons. The molecule has 0 saturated heterocycles. The first kappa shape index (κ1) is 17.8. The fourth-order valence-electron chi connectivity index (χ4n) is 2.33. The summed E-state index contributed by atoms with van der Waals surface area (Å²) in [7, 11) is 0. The minimum atomic E-state index is -1.26. The molecule has 26 heavy (non-hydrogen) atoms. The van der Waals surface area contributed by atoms with E-state index in [9.17, 15) is 18.8 Å². The second kappa shape index (κ2) is 7.45. The van der Waals surface area contributed by atoms with E-state index in [0.29, 0.717) is 11.8 Å². The van der Waals surface area contributed by atoms with E-state index in [0.717, 1.165) is 22.2 Å². The third-order valence-electron chi connectivity index (χ3n) is 3.64. The van der Waals surface area contributed by atoms with Gasteiger partial charge >= 0.3 is 0 Å². The molecule has 5 nitrogen and oxygen atoms in total. The maximum absolute atomic E-state index is 13.8. The number of benzene rings is 2. The Morgan fingerprint density at radius 1 is 1.19 bits per heavy atom. The fraction of sp³-hybridized carbons (Fsp3) is 0.0556. The van der Waals surface area contributed by atoms with Crippen LogP contribution in [0.1, 0.15) is 22.1 Å². The van der Waals surface area contributed by atoms with Gasteiger partial charge in [-0.1, -0.05) is 34.1 Å². The van der Waals surface area contributed by atoms with Gasteiger partial charge in [0, 0.05) is 21.7 Å². The van der Waals surface area contributed by atoms with Gasteiger partial charge in [-0.15, -0.1) is 0 Å². The molecule has 1 aromatic heterocycles. The molecule has 0 aliphatic carbocycles. The lowest BCUT2D eigenvalue weighted by Gasteiger charge is -2.12. The number of carbonyl (C=O) groups excluding carboxylic acids is 1. The second-order valence-corrected chi connectivity index (χ2v) is 6.29. The summed E-state index contributed by atoms with van der Waals surface area (Å²) in [5, 5.41) is 18.3. The number of rotatable bonds is 4. The number of amides is 1. The van der Waals surface area contributed by atoms with Crippen molar-refractivity contribution in [3.8, 4) is 17.3 Å². The lowest BCUT2D eigenvalue weighted by Crippen LogP contribution is -2.28. The van der Waals surface area contributed by atoms with E-state index in [-0.39, 0.29) is 11.3 Å². The summed E-state index contributed by atoms with van der Waals surface area (Å²) in [6.45, 7) is 0. The second-order valence-electron chi connectivity index (χ2n) is 5.38. The molecule has 2 N–H and O–H groups in total. The third-order valence-corrected chi connectivity index (χ3v) is 4.17. The minimum absolute atomic E-state index is 0.116. The third kappa shape index (κ3) is 3.78. The Bertz CT molecular complexity index is 995. The summed E-state index contributed by atoms with van der Waals surface area (Å²) < 4.78 is 27.7. The number of hydrogen-bond donors (Lipinski definition) is 2. The summed E-state index contributed by atoms with van der Waals surface area (Å²) in [6.07, 6.45) is 0. The molecule has 0 bridgehead atoms. The number of nitrogens with zero attached hydrogens (tertiary/aromatic N) is 2. The normalized spacial score (nSPS) is 11.6. The summed E-state index contributed by atoms with van der Waals surface area (Å²) in [5.74, 6) is -2.30. The molecule has 0 spiro atoms. The highest BCUT2D eigenvalue weighted by Gasteiger charge is 2.20. The Morgan fingerprint density at radius 2 is 1.92 bits per heavy atom. The predicted octanol–water partition coefficient (Wildman–Crippen LogP) is 4.11. The van der Waals surface area contributed by atoms with Gasteiger partial charge < -0.3 is 5.32 Å². The summed E-state index contributed by atoms with van der Waals surface area (Å²) in [6, 6.07) is 12.2. The van der Waals surface area contributed by atoms with Crippen molar-refractivity contribution in [3.63, 3.8) is 0 Å². The minimum Gasteiger partial charge on any atom is -0.331 e. The Kier molecular flexibility index (Phi) is 5.09. The van der Waals surface area contributed by atoms with Crippen LogP contribution in [0.2, 0.25) is 0 Å². The number of halogens is 3. The smallest absolute Gasteiger partial charge is 0.270 e. The van der Waals surface area contributed by atoms with Crippen LogP contribution >= 0.6 is 15.9 Å². The van der Waals surface area contributed by atoms with E-state index in [1.54, 1.807) is 6.07 Å². The molecule has 0 fully saturated rings. The fourth-order valence-corrected chi connectivity index (χ4v) is 2.59. The van der Waals surface area contributed by atoms with Crippen LogP contribution in [0.25, 0.3) is 11.3 Å². The Morgan fingerprint density at radius 3 is 2.58 bits per heavy atom. The number of H-pyrrole nitrogens is 1. The molecule has 1 amide bonds. The van der Waals surface area contributed by atoms with E-state index >= 15 is 0 Å². The first-order valence-corrected chi connectivity index (χ1v) is 8.24. The van der Waals surface area contributed by atoms with Gasteiger partial charge in [0.2, 0.25) is 0 Å².